The molecule has 0 amide bonds. The van der Waals surface area contributed by atoms with E-state index in [-0.39, 0.29) is 11.0 Å². The van der Waals surface area contributed by atoms with Crippen LogP contribution in [0.1, 0.15) is 24.2 Å². The first-order chi connectivity index (χ1) is 11.7. The van der Waals surface area contributed by atoms with Crippen molar-refractivity contribution in [3.8, 4) is 5.75 Å². The number of rotatable bonds is 6. The van der Waals surface area contributed by atoms with Gasteiger partial charge in [0.2, 0.25) is 0 Å². The average molecular weight is 338 g/mol. The quantitative estimate of drug-likeness (QED) is 0.379. The molecule has 0 saturated heterocycles. The largest absolute Gasteiger partial charge is 0.494 e. The van der Waals surface area contributed by atoms with Gasteiger partial charge in [0.25, 0.3) is 0 Å². The highest BCUT2D eigenvalue weighted by Gasteiger charge is 2.18. The van der Waals surface area contributed by atoms with Gasteiger partial charge in [0, 0.05) is 10.9 Å². The highest BCUT2D eigenvalue weighted by atomic mass is 32.2. The van der Waals surface area contributed by atoms with Crippen LogP contribution in [0.2, 0.25) is 0 Å². The van der Waals surface area contributed by atoms with E-state index in [0.717, 1.165) is 21.7 Å². The molecule has 4 nitrogen and oxygen atoms in total. The predicted octanol–water partition coefficient (Wildman–Crippen LogP) is 4.39. The van der Waals surface area contributed by atoms with Gasteiger partial charge in [-0.1, -0.05) is 30.0 Å². The minimum atomic E-state index is -0.235. The molecular weight excluding hydrogens is 320 g/mol. The number of aromatic nitrogens is 2. The van der Waals surface area contributed by atoms with Crippen molar-refractivity contribution in [1.29, 1.82) is 0 Å². The van der Waals surface area contributed by atoms with Crippen molar-refractivity contribution in [2.75, 3.05) is 6.61 Å². The number of fused-ring (bicyclic) bond motifs is 1. The van der Waals surface area contributed by atoms with E-state index >= 15 is 0 Å². The number of hydrogen-bond acceptors (Lipinski definition) is 5. The van der Waals surface area contributed by atoms with Crippen LogP contribution in [0.4, 0.5) is 0 Å². The zero-order valence-electron chi connectivity index (χ0n) is 13.6. The third-order valence-corrected chi connectivity index (χ3v) is 4.73. The van der Waals surface area contributed by atoms with Gasteiger partial charge in [0.15, 0.2) is 5.78 Å². The van der Waals surface area contributed by atoms with Gasteiger partial charge in [0.05, 0.1) is 17.4 Å². The Labute approximate surface area is 145 Å². The molecule has 0 unspecified atom stereocenters. The lowest BCUT2D eigenvalue weighted by atomic mass is 10.1. The Morgan fingerprint density at radius 3 is 2.62 bits per heavy atom. The molecule has 2 aromatic carbocycles. The summed E-state index contributed by atoms with van der Waals surface area (Å²) in [4.78, 5) is 21.2. The third kappa shape index (κ3) is 3.57. The van der Waals surface area contributed by atoms with Crippen LogP contribution in [0.3, 0.4) is 0 Å². The first kappa shape index (κ1) is 16.5. The second-order valence-corrected chi connectivity index (χ2v) is 6.61. The van der Waals surface area contributed by atoms with Crippen LogP contribution in [0.25, 0.3) is 10.9 Å². The predicted molar refractivity (Wildman–Crippen MR) is 96.8 cm³/mol. The molecule has 0 radical (unpaired) electrons. The van der Waals surface area contributed by atoms with Crippen LogP contribution in [-0.4, -0.2) is 27.6 Å². The highest BCUT2D eigenvalue weighted by Crippen LogP contribution is 2.29. The Morgan fingerprint density at radius 2 is 1.88 bits per heavy atom. The molecule has 0 aliphatic rings. The van der Waals surface area contributed by atoms with Crippen molar-refractivity contribution in [2.45, 2.75) is 24.1 Å². The Hall–Kier alpha value is -2.40. The van der Waals surface area contributed by atoms with Gasteiger partial charge in [-0.15, -0.1) is 0 Å². The average Bonchev–Trinajstić information content (AvgIpc) is 2.62. The molecule has 5 heteroatoms. The van der Waals surface area contributed by atoms with Crippen LogP contribution >= 0.6 is 11.8 Å². The molecule has 0 fully saturated rings. The number of carbonyl (C=O) groups excluding carboxylic acids is 1. The normalized spacial score (nSPS) is 12.1. The van der Waals surface area contributed by atoms with Crippen molar-refractivity contribution >= 4 is 28.4 Å². The molecule has 1 heterocycles. The van der Waals surface area contributed by atoms with Crippen LogP contribution in [0, 0.1) is 0 Å². The van der Waals surface area contributed by atoms with Crippen molar-refractivity contribution in [2.24, 2.45) is 0 Å². The Kier molecular flexibility index (Phi) is 5.11. The molecule has 0 saturated carbocycles. The fourth-order valence-electron chi connectivity index (χ4n) is 2.41. The summed E-state index contributed by atoms with van der Waals surface area (Å²) in [5.41, 5.74) is 1.56. The van der Waals surface area contributed by atoms with E-state index in [1.165, 1.54) is 11.8 Å². The second-order valence-electron chi connectivity index (χ2n) is 5.28. The minimum absolute atomic E-state index is 0.0748. The minimum Gasteiger partial charge on any atom is -0.494 e. The standard InChI is InChI=1S/C19H18N2O2S/c1-3-23-15-10-8-14(9-11-15)18(22)13(2)24-19-16-6-4-5-7-17(16)20-12-21-19/h4-13H,3H2,1-2H3/t13-/m0/s1. The molecule has 0 bridgehead atoms. The fourth-order valence-corrected chi connectivity index (χ4v) is 3.40. The van der Waals surface area contributed by atoms with Gasteiger partial charge in [0.1, 0.15) is 17.1 Å². The van der Waals surface area contributed by atoms with Crippen LogP contribution in [0.15, 0.2) is 59.9 Å². The molecule has 0 aliphatic heterocycles. The Morgan fingerprint density at radius 1 is 1.12 bits per heavy atom. The molecular formula is C19H18N2O2S. The molecule has 3 aromatic rings. The molecule has 0 spiro atoms. The van der Waals surface area contributed by atoms with Gasteiger partial charge < -0.3 is 4.74 Å². The number of carbonyl (C=O) groups is 1. The number of benzene rings is 2. The number of ketones is 1. The number of thioether (sulfide) groups is 1. The van der Waals surface area contributed by atoms with Gasteiger partial charge >= 0.3 is 0 Å². The van der Waals surface area contributed by atoms with E-state index in [2.05, 4.69) is 9.97 Å². The van der Waals surface area contributed by atoms with Crippen molar-refractivity contribution in [3.63, 3.8) is 0 Å². The van der Waals surface area contributed by atoms with Crippen LogP contribution < -0.4 is 4.74 Å². The highest BCUT2D eigenvalue weighted by molar-refractivity contribution is 8.00. The molecule has 0 N–H and O–H groups in total. The summed E-state index contributed by atoms with van der Waals surface area (Å²) in [6, 6.07) is 15.1. The smallest absolute Gasteiger partial charge is 0.175 e. The lowest BCUT2D eigenvalue weighted by Gasteiger charge is -2.11. The van der Waals surface area contributed by atoms with Crippen molar-refractivity contribution in [1.82, 2.24) is 9.97 Å². The van der Waals surface area contributed by atoms with E-state index in [4.69, 9.17) is 4.74 Å². The summed E-state index contributed by atoms with van der Waals surface area (Å²) in [6.07, 6.45) is 1.54. The number of ether oxygens (including phenoxy) is 1. The zero-order valence-corrected chi connectivity index (χ0v) is 14.4. The molecule has 1 atom stereocenters. The summed E-state index contributed by atoms with van der Waals surface area (Å²) in [7, 11) is 0. The number of hydrogen-bond donors (Lipinski definition) is 0. The molecule has 24 heavy (non-hydrogen) atoms. The van der Waals surface area contributed by atoms with E-state index in [9.17, 15) is 4.79 Å². The summed E-state index contributed by atoms with van der Waals surface area (Å²) in [5.74, 6) is 0.849. The third-order valence-electron chi connectivity index (χ3n) is 3.61. The first-order valence-electron chi connectivity index (χ1n) is 7.82. The van der Waals surface area contributed by atoms with E-state index in [1.807, 2.05) is 62.4 Å². The maximum absolute atomic E-state index is 12.6. The summed E-state index contributed by atoms with van der Waals surface area (Å²) >= 11 is 1.46. The fraction of sp³-hybridized carbons (Fsp3) is 0.211. The van der Waals surface area contributed by atoms with E-state index < -0.39 is 0 Å². The maximum Gasteiger partial charge on any atom is 0.175 e. The Bertz CT molecular complexity index is 844. The topological polar surface area (TPSA) is 52.1 Å². The number of para-hydroxylation sites is 1. The Balaban J connectivity index is 1.78. The van der Waals surface area contributed by atoms with Crippen molar-refractivity contribution in [3.05, 3.63) is 60.4 Å². The SMILES string of the molecule is CCOc1ccc(C(=O)[C@H](C)Sc2ncnc3ccccc23)cc1. The summed E-state index contributed by atoms with van der Waals surface area (Å²) in [5, 5.41) is 1.56. The molecule has 3 rings (SSSR count). The molecule has 122 valence electrons. The van der Waals surface area contributed by atoms with E-state index in [1.54, 1.807) is 6.33 Å². The lowest BCUT2D eigenvalue weighted by Crippen LogP contribution is -2.13. The second kappa shape index (κ2) is 7.45. The van der Waals surface area contributed by atoms with E-state index in [0.29, 0.717) is 12.2 Å². The zero-order chi connectivity index (χ0) is 16.9. The van der Waals surface area contributed by atoms with Gasteiger partial charge in [-0.05, 0) is 44.2 Å². The monoisotopic (exact) mass is 338 g/mol. The lowest BCUT2D eigenvalue weighted by molar-refractivity contribution is 0.0994. The van der Waals surface area contributed by atoms with Crippen molar-refractivity contribution < 1.29 is 9.53 Å². The first-order valence-corrected chi connectivity index (χ1v) is 8.70. The maximum atomic E-state index is 12.6. The van der Waals surface area contributed by atoms with Crippen LogP contribution in [0.5, 0.6) is 5.75 Å². The number of nitrogens with zero attached hydrogens (tertiary/aromatic N) is 2. The van der Waals surface area contributed by atoms with Gasteiger partial charge in [-0.25, -0.2) is 9.97 Å². The van der Waals surface area contributed by atoms with Gasteiger partial charge in [-0.2, -0.15) is 0 Å². The summed E-state index contributed by atoms with van der Waals surface area (Å²) < 4.78 is 5.41. The van der Waals surface area contributed by atoms with Gasteiger partial charge in [-0.3, -0.25) is 4.79 Å². The molecule has 0 aliphatic carbocycles. The molecule has 1 aromatic heterocycles. The summed E-state index contributed by atoms with van der Waals surface area (Å²) in [6.45, 7) is 4.45. The number of Topliss-reactive ketones (excluding diaryl/α,β-unsaturated/α-hetero) is 1. The van der Waals surface area contributed by atoms with Crippen LogP contribution in [-0.2, 0) is 0 Å².